The number of rotatable bonds is 7. The maximum atomic E-state index is 5.80. The Balaban J connectivity index is 2.69. The maximum absolute atomic E-state index is 5.80. The van der Waals surface area contributed by atoms with Gasteiger partial charge in [-0.05, 0) is 31.2 Å². The monoisotopic (exact) mass is 351 g/mol. The minimum absolute atomic E-state index is 0.285. The Labute approximate surface area is 126 Å². The zero-order chi connectivity index (χ0) is 13.4. The van der Waals surface area contributed by atoms with Crippen LogP contribution in [0.2, 0.25) is 0 Å². The van der Waals surface area contributed by atoms with Crippen molar-refractivity contribution in [2.75, 3.05) is 13.2 Å². The standard InChI is InChI=1S/C13H16BrCl2NO/c1-2-5-17-8-10-6-11(14)3-4-13(10)18-9-12(16)7-15/h3-4,6-7,17H,2,5,8-9H2,1H3. The molecule has 0 bridgehead atoms. The molecule has 0 spiro atoms. The van der Waals surface area contributed by atoms with E-state index >= 15 is 0 Å². The van der Waals surface area contributed by atoms with Gasteiger partial charge in [0.1, 0.15) is 12.4 Å². The Bertz CT molecular complexity index is 410. The highest BCUT2D eigenvalue weighted by Gasteiger charge is 2.05. The summed E-state index contributed by atoms with van der Waals surface area (Å²) >= 11 is 14.8. The molecule has 2 nitrogen and oxygen atoms in total. The SMILES string of the molecule is CCCNCc1cc(Br)ccc1OCC(Cl)=CCl. The Morgan fingerprint density at radius 1 is 1.50 bits per heavy atom. The predicted molar refractivity (Wildman–Crippen MR) is 81.4 cm³/mol. The smallest absolute Gasteiger partial charge is 0.125 e. The van der Waals surface area contributed by atoms with Crippen LogP contribution in [0.25, 0.3) is 0 Å². The van der Waals surface area contributed by atoms with Gasteiger partial charge in [-0.25, -0.2) is 0 Å². The molecule has 0 aliphatic heterocycles. The Hall–Kier alpha value is -0.220. The zero-order valence-corrected chi connectivity index (χ0v) is 13.3. The zero-order valence-electron chi connectivity index (χ0n) is 10.2. The van der Waals surface area contributed by atoms with Crippen LogP contribution in [0.3, 0.4) is 0 Å². The number of hydrogen-bond acceptors (Lipinski definition) is 2. The normalized spacial score (nSPS) is 11.7. The lowest BCUT2D eigenvalue weighted by atomic mass is 10.2. The molecular formula is C13H16BrCl2NO. The molecular weight excluding hydrogens is 337 g/mol. The van der Waals surface area contributed by atoms with Crippen molar-refractivity contribution in [1.29, 1.82) is 0 Å². The van der Waals surface area contributed by atoms with Crippen molar-refractivity contribution in [3.63, 3.8) is 0 Å². The van der Waals surface area contributed by atoms with Crippen LogP contribution >= 0.6 is 39.1 Å². The highest BCUT2D eigenvalue weighted by molar-refractivity contribution is 9.10. The van der Waals surface area contributed by atoms with E-state index < -0.39 is 0 Å². The second kappa shape index (κ2) is 8.81. The minimum atomic E-state index is 0.285. The number of ether oxygens (including phenoxy) is 1. The van der Waals surface area contributed by atoms with Gasteiger partial charge in [-0.3, -0.25) is 0 Å². The Kier molecular flexibility index (Phi) is 7.75. The van der Waals surface area contributed by atoms with Crippen LogP contribution in [0.1, 0.15) is 18.9 Å². The van der Waals surface area contributed by atoms with Gasteiger partial charge in [0, 0.05) is 22.1 Å². The fourth-order valence-electron chi connectivity index (χ4n) is 1.41. The predicted octanol–water partition coefficient (Wildman–Crippen LogP) is 4.65. The van der Waals surface area contributed by atoms with Gasteiger partial charge in [-0.2, -0.15) is 0 Å². The Morgan fingerprint density at radius 3 is 2.94 bits per heavy atom. The molecule has 0 aliphatic carbocycles. The molecule has 0 aromatic heterocycles. The van der Waals surface area contributed by atoms with Gasteiger partial charge in [0.05, 0.1) is 5.03 Å². The summed E-state index contributed by atoms with van der Waals surface area (Å²) in [5.41, 5.74) is 2.41. The lowest BCUT2D eigenvalue weighted by molar-refractivity contribution is 0.354. The van der Waals surface area contributed by atoms with E-state index in [-0.39, 0.29) is 6.61 Å². The molecule has 1 N–H and O–H groups in total. The van der Waals surface area contributed by atoms with Gasteiger partial charge in [0.25, 0.3) is 0 Å². The van der Waals surface area contributed by atoms with Gasteiger partial charge in [-0.1, -0.05) is 46.1 Å². The summed E-state index contributed by atoms with van der Waals surface area (Å²) in [6.07, 6.45) is 1.10. The van der Waals surface area contributed by atoms with Crippen molar-refractivity contribution in [3.05, 3.63) is 38.8 Å². The van der Waals surface area contributed by atoms with Crippen LogP contribution in [-0.4, -0.2) is 13.2 Å². The summed E-state index contributed by atoms with van der Waals surface area (Å²) in [5.74, 6) is 0.818. The van der Waals surface area contributed by atoms with Crippen LogP contribution in [0.15, 0.2) is 33.2 Å². The average Bonchev–Trinajstić information content (AvgIpc) is 2.37. The lowest BCUT2D eigenvalue weighted by Crippen LogP contribution is -2.15. The molecule has 0 amide bonds. The van der Waals surface area contributed by atoms with Crippen LogP contribution in [0, 0.1) is 0 Å². The molecule has 1 rings (SSSR count). The van der Waals surface area contributed by atoms with Gasteiger partial charge in [0.15, 0.2) is 0 Å². The van der Waals surface area contributed by atoms with Crippen LogP contribution in [0.5, 0.6) is 5.75 Å². The van der Waals surface area contributed by atoms with Crippen molar-refractivity contribution in [3.8, 4) is 5.75 Å². The van der Waals surface area contributed by atoms with Gasteiger partial charge < -0.3 is 10.1 Å². The number of benzene rings is 1. The largest absolute Gasteiger partial charge is 0.488 e. The first-order valence-corrected chi connectivity index (χ1v) is 7.34. The van der Waals surface area contributed by atoms with Crippen LogP contribution < -0.4 is 10.1 Å². The number of nitrogens with one attached hydrogen (secondary N) is 1. The van der Waals surface area contributed by atoms with Gasteiger partial charge in [0.2, 0.25) is 0 Å². The summed E-state index contributed by atoms with van der Waals surface area (Å²) < 4.78 is 6.66. The molecule has 0 unspecified atom stereocenters. The highest BCUT2D eigenvalue weighted by Crippen LogP contribution is 2.24. The first kappa shape index (κ1) is 15.8. The summed E-state index contributed by atoms with van der Waals surface area (Å²) in [7, 11) is 0. The van der Waals surface area contributed by atoms with E-state index in [0.29, 0.717) is 5.03 Å². The molecule has 0 fully saturated rings. The van der Waals surface area contributed by atoms with Crippen molar-refractivity contribution < 1.29 is 4.74 Å². The second-order valence-corrected chi connectivity index (χ2v) is 5.39. The van der Waals surface area contributed by atoms with E-state index in [1.165, 1.54) is 5.54 Å². The van der Waals surface area contributed by atoms with Crippen molar-refractivity contribution in [1.82, 2.24) is 5.32 Å². The third-order valence-corrected chi connectivity index (χ3v) is 3.34. The molecule has 100 valence electrons. The molecule has 0 saturated heterocycles. The fraction of sp³-hybridized carbons (Fsp3) is 0.385. The van der Waals surface area contributed by atoms with Gasteiger partial charge >= 0.3 is 0 Å². The molecule has 0 radical (unpaired) electrons. The van der Waals surface area contributed by atoms with Crippen LogP contribution in [0.4, 0.5) is 0 Å². The number of halogens is 3. The third kappa shape index (κ3) is 5.61. The molecule has 0 heterocycles. The minimum Gasteiger partial charge on any atom is -0.488 e. The molecule has 0 atom stereocenters. The quantitative estimate of drug-likeness (QED) is 0.721. The van der Waals surface area contributed by atoms with E-state index in [1.54, 1.807) is 0 Å². The molecule has 1 aromatic carbocycles. The summed E-state index contributed by atoms with van der Waals surface area (Å²) in [5, 5.41) is 3.82. The lowest BCUT2D eigenvalue weighted by Gasteiger charge is -2.12. The third-order valence-electron chi connectivity index (χ3n) is 2.25. The van der Waals surface area contributed by atoms with E-state index in [9.17, 15) is 0 Å². The molecule has 0 aliphatic rings. The van der Waals surface area contributed by atoms with Crippen molar-refractivity contribution >= 4 is 39.1 Å². The molecule has 18 heavy (non-hydrogen) atoms. The Morgan fingerprint density at radius 2 is 2.28 bits per heavy atom. The van der Waals surface area contributed by atoms with E-state index in [2.05, 4.69) is 28.2 Å². The molecule has 1 aromatic rings. The van der Waals surface area contributed by atoms with Crippen molar-refractivity contribution in [2.24, 2.45) is 0 Å². The molecule has 0 saturated carbocycles. The van der Waals surface area contributed by atoms with E-state index in [0.717, 1.165) is 35.3 Å². The van der Waals surface area contributed by atoms with E-state index in [1.807, 2.05) is 18.2 Å². The highest BCUT2D eigenvalue weighted by atomic mass is 79.9. The second-order valence-electron chi connectivity index (χ2n) is 3.77. The summed E-state index contributed by atoms with van der Waals surface area (Å²) in [4.78, 5) is 0. The van der Waals surface area contributed by atoms with Crippen LogP contribution in [-0.2, 0) is 6.54 Å². The molecule has 5 heteroatoms. The summed E-state index contributed by atoms with van der Waals surface area (Å²) in [6.45, 7) is 4.17. The first-order chi connectivity index (χ1) is 8.67. The van der Waals surface area contributed by atoms with Gasteiger partial charge in [-0.15, -0.1) is 0 Å². The fourth-order valence-corrected chi connectivity index (χ4v) is 1.93. The first-order valence-electron chi connectivity index (χ1n) is 5.74. The topological polar surface area (TPSA) is 21.3 Å². The van der Waals surface area contributed by atoms with Crippen molar-refractivity contribution in [2.45, 2.75) is 19.9 Å². The maximum Gasteiger partial charge on any atom is 0.125 e. The summed E-state index contributed by atoms with van der Waals surface area (Å²) in [6, 6.07) is 5.90. The van der Waals surface area contributed by atoms with E-state index in [4.69, 9.17) is 27.9 Å². The number of hydrogen-bond donors (Lipinski definition) is 1. The average molecular weight is 353 g/mol.